The van der Waals surface area contributed by atoms with E-state index in [0.717, 1.165) is 18.4 Å². The third-order valence-corrected chi connectivity index (χ3v) is 4.52. The minimum atomic E-state index is -0.290. The van der Waals surface area contributed by atoms with Gasteiger partial charge in [0.15, 0.2) is 0 Å². The third kappa shape index (κ3) is 6.48. The van der Waals surface area contributed by atoms with Crippen LogP contribution >= 0.6 is 0 Å². The first-order chi connectivity index (χ1) is 11.7. The van der Waals surface area contributed by atoms with E-state index in [1.165, 1.54) is 12.1 Å². The second-order valence-corrected chi connectivity index (χ2v) is 8.30. The molecule has 1 fully saturated rings. The Kier molecular flexibility index (Phi) is 6.20. The molecule has 1 aromatic carbocycles. The summed E-state index contributed by atoms with van der Waals surface area (Å²) in [6.07, 6.45) is 1.93. The minimum Gasteiger partial charge on any atom is -0.355 e. The molecule has 4 nitrogen and oxygen atoms in total. The summed E-state index contributed by atoms with van der Waals surface area (Å²) in [6, 6.07) is 6.07. The number of carbonyl (C=O) groups excluding carboxylic acids is 2. The van der Waals surface area contributed by atoms with E-state index in [2.05, 4.69) is 38.3 Å². The highest BCUT2D eigenvalue weighted by atomic mass is 19.1. The topological polar surface area (TPSA) is 58.2 Å². The molecular formula is C20H29FN2O2. The lowest BCUT2D eigenvalue weighted by Crippen LogP contribution is -2.34. The molecule has 0 spiro atoms. The van der Waals surface area contributed by atoms with Crippen molar-refractivity contribution in [1.29, 1.82) is 0 Å². The normalized spacial score (nSPS) is 20.7. The average molecular weight is 348 g/mol. The minimum absolute atomic E-state index is 0.0165. The van der Waals surface area contributed by atoms with Crippen molar-refractivity contribution in [3.63, 3.8) is 0 Å². The highest BCUT2D eigenvalue weighted by Gasteiger charge is 2.38. The summed E-state index contributed by atoms with van der Waals surface area (Å²) >= 11 is 0. The van der Waals surface area contributed by atoms with E-state index in [0.29, 0.717) is 12.5 Å². The quantitative estimate of drug-likeness (QED) is 0.791. The van der Waals surface area contributed by atoms with E-state index in [1.54, 1.807) is 12.1 Å². The van der Waals surface area contributed by atoms with Crippen LogP contribution in [0.4, 0.5) is 4.39 Å². The molecule has 2 N–H and O–H groups in total. The van der Waals surface area contributed by atoms with Gasteiger partial charge in [-0.05, 0) is 41.9 Å². The van der Waals surface area contributed by atoms with E-state index in [-0.39, 0.29) is 41.4 Å². The van der Waals surface area contributed by atoms with Crippen LogP contribution in [-0.2, 0) is 9.59 Å². The summed E-state index contributed by atoms with van der Waals surface area (Å²) in [6.45, 7) is 8.71. The summed E-state index contributed by atoms with van der Waals surface area (Å²) in [7, 11) is 0. The Balaban J connectivity index is 1.88. The molecular weight excluding hydrogens is 319 g/mol. The maximum Gasteiger partial charge on any atom is 0.223 e. The first-order valence-corrected chi connectivity index (χ1v) is 8.98. The molecule has 1 aromatic rings. The van der Waals surface area contributed by atoms with Crippen molar-refractivity contribution in [3.05, 3.63) is 35.6 Å². The molecule has 2 rings (SSSR count). The third-order valence-electron chi connectivity index (χ3n) is 4.52. The lowest BCUT2D eigenvalue weighted by molar-refractivity contribution is -0.123. The zero-order valence-corrected chi connectivity index (χ0v) is 15.6. The zero-order chi connectivity index (χ0) is 18.6. The Bertz CT molecular complexity index is 607. The Hall–Kier alpha value is -1.91. The number of nitrogens with one attached hydrogen (secondary N) is 2. The van der Waals surface area contributed by atoms with Crippen molar-refractivity contribution in [2.24, 2.45) is 17.3 Å². The fraction of sp³-hybridized carbons (Fsp3) is 0.600. The van der Waals surface area contributed by atoms with Crippen LogP contribution < -0.4 is 10.6 Å². The molecule has 1 aliphatic carbocycles. The Morgan fingerprint density at radius 2 is 1.84 bits per heavy atom. The van der Waals surface area contributed by atoms with Gasteiger partial charge in [0.25, 0.3) is 0 Å². The van der Waals surface area contributed by atoms with Crippen molar-refractivity contribution in [2.75, 3.05) is 6.54 Å². The van der Waals surface area contributed by atoms with E-state index >= 15 is 0 Å². The molecule has 3 unspecified atom stereocenters. The summed E-state index contributed by atoms with van der Waals surface area (Å²) < 4.78 is 13.2. The predicted molar refractivity (Wildman–Crippen MR) is 96.3 cm³/mol. The number of halogens is 1. The molecule has 1 aliphatic rings. The van der Waals surface area contributed by atoms with Gasteiger partial charge in [0.05, 0.1) is 6.04 Å². The van der Waals surface area contributed by atoms with Gasteiger partial charge in [0.2, 0.25) is 11.8 Å². The number of amides is 2. The van der Waals surface area contributed by atoms with Crippen LogP contribution in [0.3, 0.4) is 0 Å². The van der Waals surface area contributed by atoms with E-state index in [1.807, 2.05) is 0 Å². The maximum atomic E-state index is 13.2. The van der Waals surface area contributed by atoms with Crippen molar-refractivity contribution in [3.8, 4) is 0 Å². The highest BCUT2D eigenvalue weighted by molar-refractivity contribution is 5.82. The average Bonchev–Trinajstić information content (AvgIpc) is 3.23. The van der Waals surface area contributed by atoms with Crippen LogP contribution in [0.2, 0.25) is 0 Å². The Labute approximate surface area is 149 Å². The van der Waals surface area contributed by atoms with Crippen molar-refractivity contribution >= 4 is 11.8 Å². The molecule has 138 valence electrons. The van der Waals surface area contributed by atoms with E-state index < -0.39 is 0 Å². The molecule has 1 saturated carbocycles. The second-order valence-electron chi connectivity index (χ2n) is 8.30. The van der Waals surface area contributed by atoms with Gasteiger partial charge in [0.1, 0.15) is 5.82 Å². The smallest absolute Gasteiger partial charge is 0.223 e. The van der Waals surface area contributed by atoms with Gasteiger partial charge >= 0.3 is 0 Å². The monoisotopic (exact) mass is 348 g/mol. The molecule has 0 aliphatic heterocycles. The molecule has 0 saturated heterocycles. The van der Waals surface area contributed by atoms with Crippen molar-refractivity contribution in [2.45, 2.75) is 53.0 Å². The van der Waals surface area contributed by atoms with Crippen LogP contribution in [0, 0.1) is 23.1 Å². The number of benzene rings is 1. The first kappa shape index (κ1) is 19.4. The summed E-state index contributed by atoms with van der Waals surface area (Å²) in [5.41, 5.74) is 0.906. The number of rotatable bonds is 7. The standard InChI is InChI=1S/C20H29FN2O2/c1-13-11-16(13)19(25)22-10-9-18(24)23-17(12-20(2,3)4)14-5-7-15(21)8-6-14/h5-8,13,16-17H,9-12H2,1-4H3,(H,22,25)(H,23,24). The Morgan fingerprint density at radius 1 is 1.24 bits per heavy atom. The van der Waals surface area contributed by atoms with Gasteiger partial charge in [0, 0.05) is 18.9 Å². The molecule has 0 radical (unpaired) electrons. The largest absolute Gasteiger partial charge is 0.355 e. The predicted octanol–water partition coefficient (Wildman–Crippen LogP) is 3.58. The van der Waals surface area contributed by atoms with Crippen LogP contribution in [0.15, 0.2) is 24.3 Å². The number of hydrogen-bond acceptors (Lipinski definition) is 2. The lowest BCUT2D eigenvalue weighted by atomic mass is 9.85. The fourth-order valence-electron chi connectivity index (χ4n) is 2.94. The van der Waals surface area contributed by atoms with Crippen LogP contribution in [0.25, 0.3) is 0 Å². The second kappa shape index (κ2) is 7.98. The maximum absolute atomic E-state index is 13.2. The summed E-state index contributed by atoms with van der Waals surface area (Å²) in [5.74, 6) is 0.230. The van der Waals surface area contributed by atoms with E-state index in [4.69, 9.17) is 0 Å². The van der Waals surface area contributed by atoms with Crippen LogP contribution in [0.1, 0.15) is 58.6 Å². The number of carbonyl (C=O) groups is 2. The van der Waals surface area contributed by atoms with Gasteiger partial charge in [-0.1, -0.05) is 39.8 Å². The van der Waals surface area contributed by atoms with E-state index in [9.17, 15) is 14.0 Å². The van der Waals surface area contributed by atoms with Gasteiger partial charge in [-0.2, -0.15) is 0 Å². The van der Waals surface area contributed by atoms with Gasteiger partial charge in [-0.3, -0.25) is 9.59 Å². The van der Waals surface area contributed by atoms with Crippen molar-refractivity contribution < 1.29 is 14.0 Å². The van der Waals surface area contributed by atoms with Gasteiger partial charge in [-0.15, -0.1) is 0 Å². The summed E-state index contributed by atoms with van der Waals surface area (Å²) in [5, 5.41) is 5.85. The zero-order valence-electron chi connectivity index (χ0n) is 15.6. The molecule has 5 heteroatoms. The fourth-order valence-corrected chi connectivity index (χ4v) is 2.94. The molecule has 2 amide bonds. The summed E-state index contributed by atoms with van der Waals surface area (Å²) in [4.78, 5) is 24.1. The highest BCUT2D eigenvalue weighted by Crippen LogP contribution is 2.37. The Morgan fingerprint density at radius 3 is 2.36 bits per heavy atom. The molecule has 0 bridgehead atoms. The molecule has 0 aromatic heterocycles. The van der Waals surface area contributed by atoms with Crippen LogP contribution in [-0.4, -0.2) is 18.4 Å². The van der Waals surface area contributed by atoms with Gasteiger partial charge in [-0.25, -0.2) is 4.39 Å². The first-order valence-electron chi connectivity index (χ1n) is 8.98. The lowest BCUT2D eigenvalue weighted by Gasteiger charge is -2.27. The molecule has 25 heavy (non-hydrogen) atoms. The molecule has 3 atom stereocenters. The molecule has 0 heterocycles. The van der Waals surface area contributed by atoms with Gasteiger partial charge < -0.3 is 10.6 Å². The number of hydrogen-bond donors (Lipinski definition) is 2. The SMILES string of the molecule is CC1CC1C(=O)NCCC(=O)NC(CC(C)(C)C)c1ccc(F)cc1. The van der Waals surface area contributed by atoms with Crippen molar-refractivity contribution in [1.82, 2.24) is 10.6 Å². The van der Waals surface area contributed by atoms with Crippen LogP contribution in [0.5, 0.6) is 0 Å².